The summed E-state index contributed by atoms with van der Waals surface area (Å²) in [5.74, 6) is 0.968. The van der Waals surface area contributed by atoms with Gasteiger partial charge in [-0.3, -0.25) is 0 Å². The molecule has 21 heavy (non-hydrogen) atoms. The molecule has 2 rings (SSSR count). The van der Waals surface area contributed by atoms with E-state index < -0.39 is 0 Å². The molecule has 0 aliphatic heterocycles. The minimum atomic E-state index is 0.968. The molecule has 0 unspecified atom stereocenters. The van der Waals surface area contributed by atoms with Crippen molar-refractivity contribution in [3.63, 3.8) is 0 Å². The number of fused-ring (bicyclic) bond motifs is 1. The van der Waals surface area contributed by atoms with Gasteiger partial charge in [0, 0.05) is 0 Å². The Morgan fingerprint density at radius 1 is 1.33 bits per heavy atom. The molecule has 1 aromatic rings. The number of hydrogen-bond donors (Lipinski definition) is 0. The minimum absolute atomic E-state index is 0.968. The molecule has 1 heteroatoms. The van der Waals surface area contributed by atoms with Gasteiger partial charge in [-0.2, -0.15) is 0 Å². The van der Waals surface area contributed by atoms with Crippen LogP contribution in [-0.2, 0) is 6.42 Å². The monoisotopic (exact) mass is 282 g/mol. The molecule has 0 atom stereocenters. The number of benzene rings is 1. The van der Waals surface area contributed by atoms with Crippen molar-refractivity contribution in [1.29, 1.82) is 0 Å². The molecule has 0 aromatic heterocycles. The van der Waals surface area contributed by atoms with Crippen molar-refractivity contribution < 1.29 is 4.74 Å². The van der Waals surface area contributed by atoms with E-state index in [-0.39, 0.29) is 0 Å². The fraction of sp³-hybridized carbons (Fsp3) is 0.400. The minimum Gasteiger partial charge on any atom is -0.497 e. The number of rotatable bonds is 7. The summed E-state index contributed by atoms with van der Waals surface area (Å²) in [6, 6.07) is 6.48. The van der Waals surface area contributed by atoms with Crippen LogP contribution in [-0.4, -0.2) is 7.11 Å². The molecule has 0 spiro atoms. The van der Waals surface area contributed by atoms with Gasteiger partial charge in [0.05, 0.1) is 7.11 Å². The molecule has 0 bridgehead atoms. The summed E-state index contributed by atoms with van der Waals surface area (Å²) in [7, 11) is 1.73. The fourth-order valence-electron chi connectivity index (χ4n) is 2.87. The van der Waals surface area contributed by atoms with Crippen molar-refractivity contribution in [2.75, 3.05) is 7.11 Å². The number of hydrogen-bond acceptors (Lipinski definition) is 1. The first kappa shape index (κ1) is 15.6. The number of ether oxygens (including phenoxy) is 1. The second-order valence-corrected chi connectivity index (χ2v) is 5.71. The molecule has 1 nitrogen and oxygen atoms in total. The lowest BCUT2D eigenvalue weighted by atomic mass is 9.88. The molecular formula is C20H26O. The third-order valence-corrected chi connectivity index (χ3v) is 4.11. The Morgan fingerprint density at radius 3 is 2.95 bits per heavy atom. The van der Waals surface area contributed by atoms with E-state index in [2.05, 4.69) is 43.9 Å². The van der Waals surface area contributed by atoms with Crippen LogP contribution in [0.4, 0.5) is 0 Å². The van der Waals surface area contributed by atoms with Crippen LogP contribution in [0.15, 0.2) is 48.6 Å². The van der Waals surface area contributed by atoms with Crippen LogP contribution in [0.25, 0.3) is 5.57 Å². The lowest BCUT2D eigenvalue weighted by Gasteiger charge is -2.18. The Bertz CT molecular complexity index is 549. The first-order chi connectivity index (χ1) is 10.2. The average Bonchev–Trinajstić information content (AvgIpc) is 2.52. The predicted molar refractivity (Wildman–Crippen MR) is 91.7 cm³/mol. The fourth-order valence-corrected chi connectivity index (χ4v) is 2.87. The highest BCUT2D eigenvalue weighted by molar-refractivity contribution is 5.71. The van der Waals surface area contributed by atoms with Gasteiger partial charge in [-0.1, -0.05) is 29.9 Å². The number of methoxy groups -OCH3 is 1. The van der Waals surface area contributed by atoms with Crippen molar-refractivity contribution in [2.24, 2.45) is 0 Å². The Morgan fingerprint density at radius 2 is 2.19 bits per heavy atom. The first-order valence-corrected chi connectivity index (χ1v) is 7.87. The van der Waals surface area contributed by atoms with Gasteiger partial charge in [-0.15, -0.1) is 6.58 Å². The highest BCUT2D eigenvalue weighted by Gasteiger charge is 2.12. The summed E-state index contributed by atoms with van der Waals surface area (Å²) >= 11 is 0. The lowest BCUT2D eigenvalue weighted by Crippen LogP contribution is -2.00. The summed E-state index contributed by atoms with van der Waals surface area (Å²) in [4.78, 5) is 0. The number of allylic oxidation sites excluding steroid dienone is 5. The molecular weight excluding hydrogens is 256 g/mol. The SMILES string of the molecule is C=CCC/C(C)=C/CCC1=CCCc2cc(OC)ccc21. The summed E-state index contributed by atoms with van der Waals surface area (Å²) in [6.45, 7) is 6.00. The Hall–Kier alpha value is -1.76. The van der Waals surface area contributed by atoms with E-state index in [1.807, 2.05) is 6.08 Å². The highest BCUT2D eigenvalue weighted by atomic mass is 16.5. The molecule has 0 saturated carbocycles. The predicted octanol–water partition coefficient (Wildman–Crippen LogP) is 5.72. The van der Waals surface area contributed by atoms with Gasteiger partial charge in [0.1, 0.15) is 5.75 Å². The van der Waals surface area contributed by atoms with E-state index in [9.17, 15) is 0 Å². The standard InChI is InChI=1S/C20H26O/c1-4-5-8-16(2)9-6-10-17-11-7-12-18-15-19(21-3)13-14-20(17)18/h4,9,11,13-15H,1,5-8,10,12H2,2-3H3/b16-9+. The molecule has 0 fully saturated rings. The normalized spacial score (nSPS) is 14.4. The van der Waals surface area contributed by atoms with Crippen molar-refractivity contribution in [3.8, 4) is 5.75 Å². The van der Waals surface area contributed by atoms with Crippen molar-refractivity contribution in [3.05, 3.63) is 59.7 Å². The summed E-state index contributed by atoms with van der Waals surface area (Å²) in [5, 5.41) is 0. The third-order valence-electron chi connectivity index (χ3n) is 4.11. The van der Waals surface area contributed by atoms with Gasteiger partial charge >= 0.3 is 0 Å². The van der Waals surface area contributed by atoms with Crippen LogP contribution in [0.5, 0.6) is 5.75 Å². The molecule has 1 aliphatic carbocycles. The zero-order valence-corrected chi connectivity index (χ0v) is 13.3. The van der Waals surface area contributed by atoms with E-state index in [0.717, 1.165) is 44.3 Å². The van der Waals surface area contributed by atoms with Gasteiger partial charge < -0.3 is 4.74 Å². The second-order valence-electron chi connectivity index (χ2n) is 5.71. The van der Waals surface area contributed by atoms with E-state index in [4.69, 9.17) is 4.74 Å². The van der Waals surface area contributed by atoms with Gasteiger partial charge in [-0.05, 0) is 74.3 Å². The van der Waals surface area contributed by atoms with Crippen LogP contribution in [0.2, 0.25) is 0 Å². The van der Waals surface area contributed by atoms with Crippen molar-refractivity contribution in [1.82, 2.24) is 0 Å². The molecule has 1 aliphatic rings. The molecule has 0 radical (unpaired) electrons. The van der Waals surface area contributed by atoms with Crippen LogP contribution in [0.3, 0.4) is 0 Å². The van der Waals surface area contributed by atoms with Crippen LogP contribution in [0, 0.1) is 0 Å². The molecule has 1 aromatic carbocycles. The van der Waals surface area contributed by atoms with Crippen LogP contribution in [0.1, 0.15) is 50.2 Å². The third kappa shape index (κ3) is 4.35. The second kappa shape index (κ2) is 7.87. The van der Waals surface area contributed by atoms with Gasteiger partial charge in [0.2, 0.25) is 0 Å². The molecule has 0 saturated heterocycles. The maximum absolute atomic E-state index is 5.33. The summed E-state index contributed by atoms with van der Waals surface area (Å²) in [6.07, 6.45) is 13.5. The first-order valence-electron chi connectivity index (χ1n) is 7.87. The maximum Gasteiger partial charge on any atom is 0.119 e. The molecule has 0 amide bonds. The van der Waals surface area contributed by atoms with Crippen molar-refractivity contribution >= 4 is 5.57 Å². The largest absolute Gasteiger partial charge is 0.497 e. The van der Waals surface area contributed by atoms with Crippen LogP contribution >= 0.6 is 0 Å². The summed E-state index contributed by atoms with van der Waals surface area (Å²) < 4.78 is 5.33. The topological polar surface area (TPSA) is 9.23 Å². The maximum atomic E-state index is 5.33. The summed E-state index contributed by atoms with van der Waals surface area (Å²) in [5.41, 5.74) is 5.81. The zero-order valence-electron chi connectivity index (χ0n) is 13.3. The van der Waals surface area contributed by atoms with E-state index in [1.54, 1.807) is 7.11 Å². The Kier molecular flexibility index (Phi) is 5.86. The Labute approximate surface area is 129 Å². The van der Waals surface area contributed by atoms with Gasteiger partial charge in [-0.25, -0.2) is 0 Å². The molecule has 0 heterocycles. The Balaban J connectivity index is 1.99. The van der Waals surface area contributed by atoms with E-state index in [0.29, 0.717) is 0 Å². The average molecular weight is 282 g/mol. The molecule has 112 valence electrons. The van der Waals surface area contributed by atoms with E-state index >= 15 is 0 Å². The smallest absolute Gasteiger partial charge is 0.119 e. The quantitative estimate of drug-likeness (QED) is 0.581. The van der Waals surface area contributed by atoms with Crippen LogP contribution < -0.4 is 4.74 Å². The van der Waals surface area contributed by atoms with Gasteiger partial charge in [0.25, 0.3) is 0 Å². The van der Waals surface area contributed by atoms with Crippen molar-refractivity contribution in [2.45, 2.75) is 45.4 Å². The van der Waals surface area contributed by atoms with Gasteiger partial charge in [0.15, 0.2) is 0 Å². The highest BCUT2D eigenvalue weighted by Crippen LogP contribution is 2.32. The number of aryl methyl sites for hydroxylation is 1. The van der Waals surface area contributed by atoms with E-state index in [1.165, 1.54) is 22.3 Å². The lowest BCUT2D eigenvalue weighted by molar-refractivity contribution is 0.414. The molecule has 0 N–H and O–H groups in total. The zero-order chi connectivity index (χ0) is 15.1.